The van der Waals surface area contributed by atoms with E-state index in [1.807, 2.05) is 39.0 Å². The normalized spacial score (nSPS) is 11.7. The van der Waals surface area contributed by atoms with Crippen molar-refractivity contribution in [2.24, 2.45) is 5.41 Å². The van der Waals surface area contributed by atoms with E-state index in [9.17, 15) is 9.59 Å². The van der Waals surface area contributed by atoms with Crippen molar-refractivity contribution in [1.82, 2.24) is 9.88 Å². The van der Waals surface area contributed by atoms with Gasteiger partial charge in [-0.3, -0.25) is 9.36 Å². The van der Waals surface area contributed by atoms with Crippen LogP contribution in [0.4, 0.5) is 0 Å². The summed E-state index contributed by atoms with van der Waals surface area (Å²) in [5.74, 6) is -0.431. The van der Waals surface area contributed by atoms with Gasteiger partial charge in [0.05, 0.1) is 5.52 Å². The molecule has 2 aromatic rings. The van der Waals surface area contributed by atoms with Gasteiger partial charge in [-0.05, 0) is 12.1 Å². The molecule has 0 fully saturated rings. The number of carbonyl (C=O) groups excluding carboxylic acids is 1. The molecular weight excluding hydrogens is 244 g/mol. The van der Waals surface area contributed by atoms with Crippen molar-refractivity contribution >= 4 is 17.0 Å². The molecule has 0 bridgehead atoms. The number of nitrogens with zero attached hydrogens (tertiary/aromatic N) is 1. The zero-order valence-electron chi connectivity index (χ0n) is 11.4. The summed E-state index contributed by atoms with van der Waals surface area (Å²) in [6, 6.07) is 7.24. The smallest absolute Gasteiger partial charge is 0.408 e. The summed E-state index contributed by atoms with van der Waals surface area (Å²) in [7, 11) is 0. The molecule has 0 unspecified atom stereocenters. The summed E-state index contributed by atoms with van der Waals surface area (Å²) in [6.45, 7) is 6.35. The Balaban J connectivity index is 2.09. The summed E-state index contributed by atoms with van der Waals surface area (Å²) in [5.41, 5.74) is 0.885. The average Bonchev–Trinajstić information content (AvgIpc) is 2.64. The van der Waals surface area contributed by atoms with Gasteiger partial charge in [-0.1, -0.05) is 32.9 Å². The topological polar surface area (TPSA) is 64.2 Å². The Labute approximate surface area is 111 Å². The van der Waals surface area contributed by atoms with E-state index in [-0.39, 0.29) is 5.91 Å². The molecule has 102 valence electrons. The first-order valence-corrected chi connectivity index (χ1v) is 6.26. The molecule has 0 radical (unpaired) electrons. The molecule has 0 aliphatic carbocycles. The van der Waals surface area contributed by atoms with E-state index in [1.54, 1.807) is 6.07 Å². The van der Waals surface area contributed by atoms with E-state index >= 15 is 0 Å². The lowest BCUT2D eigenvalue weighted by Gasteiger charge is -2.17. The Kier molecular flexibility index (Phi) is 3.46. The third kappa shape index (κ3) is 2.86. The van der Waals surface area contributed by atoms with E-state index in [0.717, 1.165) is 5.52 Å². The molecule has 1 N–H and O–H groups in total. The molecule has 2 rings (SSSR count). The second-order valence-electron chi connectivity index (χ2n) is 5.49. The molecule has 1 amide bonds. The highest BCUT2D eigenvalue weighted by Crippen LogP contribution is 2.13. The maximum atomic E-state index is 11.7. The van der Waals surface area contributed by atoms with Crippen LogP contribution in [0.1, 0.15) is 20.8 Å². The van der Waals surface area contributed by atoms with Crippen molar-refractivity contribution in [2.45, 2.75) is 27.3 Å². The lowest BCUT2D eigenvalue weighted by molar-refractivity contribution is -0.128. The number of carbonyl (C=O) groups is 1. The van der Waals surface area contributed by atoms with Gasteiger partial charge in [0.25, 0.3) is 0 Å². The predicted octanol–water partition coefficient (Wildman–Crippen LogP) is 1.76. The van der Waals surface area contributed by atoms with Crippen LogP contribution in [0.3, 0.4) is 0 Å². The molecule has 0 atom stereocenters. The number of fused-ring (bicyclic) bond motifs is 1. The van der Waals surface area contributed by atoms with Crippen LogP contribution in [-0.4, -0.2) is 17.0 Å². The Morgan fingerprint density at radius 1 is 1.32 bits per heavy atom. The van der Waals surface area contributed by atoms with Crippen LogP contribution in [0.15, 0.2) is 33.5 Å². The van der Waals surface area contributed by atoms with Gasteiger partial charge < -0.3 is 9.73 Å². The monoisotopic (exact) mass is 262 g/mol. The van der Waals surface area contributed by atoms with Crippen LogP contribution >= 0.6 is 0 Å². The quantitative estimate of drug-likeness (QED) is 0.916. The molecule has 1 aromatic carbocycles. The summed E-state index contributed by atoms with van der Waals surface area (Å²) in [5, 5.41) is 2.81. The van der Waals surface area contributed by atoms with Gasteiger partial charge in [0, 0.05) is 18.5 Å². The van der Waals surface area contributed by atoms with Crippen LogP contribution in [-0.2, 0) is 11.3 Å². The second kappa shape index (κ2) is 4.91. The number of para-hydroxylation sites is 2. The fourth-order valence-corrected chi connectivity index (χ4v) is 1.77. The third-order valence-corrected chi connectivity index (χ3v) is 2.88. The minimum atomic E-state index is -0.427. The van der Waals surface area contributed by atoms with Crippen molar-refractivity contribution in [1.29, 1.82) is 0 Å². The molecule has 0 aliphatic heterocycles. The Morgan fingerprint density at radius 3 is 2.68 bits per heavy atom. The summed E-state index contributed by atoms with van der Waals surface area (Å²) >= 11 is 0. The fraction of sp³-hybridized carbons (Fsp3) is 0.429. The lowest BCUT2D eigenvalue weighted by Crippen LogP contribution is -2.37. The second-order valence-corrected chi connectivity index (χ2v) is 5.49. The molecule has 5 heteroatoms. The van der Waals surface area contributed by atoms with E-state index < -0.39 is 11.2 Å². The zero-order valence-corrected chi connectivity index (χ0v) is 11.4. The van der Waals surface area contributed by atoms with Gasteiger partial charge in [0.1, 0.15) is 0 Å². The van der Waals surface area contributed by atoms with E-state index in [1.165, 1.54) is 4.57 Å². The first-order chi connectivity index (χ1) is 8.89. The lowest BCUT2D eigenvalue weighted by atomic mass is 9.96. The summed E-state index contributed by atoms with van der Waals surface area (Å²) < 4.78 is 6.64. The highest BCUT2D eigenvalue weighted by Gasteiger charge is 2.20. The fourth-order valence-electron chi connectivity index (χ4n) is 1.77. The van der Waals surface area contributed by atoms with Crippen molar-refractivity contribution in [3.05, 3.63) is 34.8 Å². The highest BCUT2D eigenvalue weighted by molar-refractivity contribution is 5.81. The molecule has 1 aromatic heterocycles. The Morgan fingerprint density at radius 2 is 2.00 bits per heavy atom. The van der Waals surface area contributed by atoms with E-state index in [2.05, 4.69) is 5.32 Å². The number of aromatic nitrogens is 1. The van der Waals surface area contributed by atoms with Gasteiger partial charge in [-0.2, -0.15) is 0 Å². The molecule has 0 saturated carbocycles. The van der Waals surface area contributed by atoms with Crippen molar-refractivity contribution in [2.75, 3.05) is 6.54 Å². The first kappa shape index (κ1) is 13.4. The molecule has 1 heterocycles. The largest absolute Gasteiger partial charge is 0.420 e. The number of amides is 1. The molecule has 0 saturated heterocycles. The summed E-state index contributed by atoms with van der Waals surface area (Å²) in [6.07, 6.45) is 0. The van der Waals surface area contributed by atoms with Crippen molar-refractivity contribution in [3.8, 4) is 0 Å². The number of hydrogen-bond acceptors (Lipinski definition) is 3. The van der Waals surface area contributed by atoms with E-state index in [0.29, 0.717) is 18.7 Å². The Hall–Kier alpha value is -2.04. The number of nitrogens with one attached hydrogen (secondary N) is 1. The standard InChI is InChI=1S/C14H18N2O3/c1-14(2,3)12(17)15-8-9-16-10-6-4-5-7-11(10)19-13(16)18/h4-7H,8-9H2,1-3H3,(H,15,17). The van der Waals surface area contributed by atoms with Crippen LogP contribution in [0.5, 0.6) is 0 Å². The number of oxazole rings is 1. The van der Waals surface area contributed by atoms with Crippen LogP contribution in [0, 0.1) is 5.41 Å². The van der Waals surface area contributed by atoms with Crippen LogP contribution < -0.4 is 11.1 Å². The zero-order chi connectivity index (χ0) is 14.0. The van der Waals surface area contributed by atoms with Gasteiger partial charge >= 0.3 is 5.76 Å². The number of hydrogen-bond donors (Lipinski definition) is 1. The Bertz CT molecular complexity index is 646. The maximum Gasteiger partial charge on any atom is 0.420 e. The molecular formula is C14H18N2O3. The molecule has 19 heavy (non-hydrogen) atoms. The third-order valence-electron chi connectivity index (χ3n) is 2.88. The predicted molar refractivity (Wildman–Crippen MR) is 72.9 cm³/mol. The van der Waals surface area contributed by atoms with Gasteiger partial charge in [0.2, 0.25) is 5.91 Å². The van der Waals surface area contributed by atoms with Gasteiger partial charge in [0.15, 0.2) is 5.58 Å². The van der Waals surface area contributed by atoms with Gasteiger partial charge in [-0.15, -0.1) is 0 Å². The SMILES string of the molecule is CC(C)(C)C(=O)NCCn1c(=O)oc2ccccc21. The molecule has 5 nitrogen and oxygen atoms in total. The highest BCUT2D eigenvalue weighted by atomic mass is 16.4. The van der Waals surface area contributed by atoms with Crippen LogP contribution in [0.25, 0.3) is 11.1 Å². The van der Waals surface area contributed by atoms with Crippen molar-refractivity contribution < 1.29 is 9.21 Å². The average molecular weight is 262 g/mol. The minimum absolute atomic E-state index is 0.0339. The van der Waals surface area contributed by atoms with Gasteiger partial charge in [-0.25, -0.2) is 4.79 Å². The molecule has 0 aliphatic rings. The van der Waals surface area contributed by atoms with E-state index in [4.69, 9.17) is 4.42 Å². The van der Waals surface area contributed by atoms with Crippen LogP contribution in [0.2, 0.25) is 0 Å². The summed E-state index contributed by atoms with van der Waals surface area (Å²) in [4.78, 5) is 23.4. The number of benzene rings is 1. The first-order valence-electron chi connectivity index (χ1n) is 6.26. The molecule has 0 spiro atoms. The van der Waals surface area contributed by atoms with Crippen molar-refractivity contribution in [3.63, 3.8) is 0 Å². The minimum Gasteiger partial charge on any atom is -0.408 e. The number of rotatable bonds is 3. The maximum absolute atomic E-state index is 11.7.